The second-order valence-corrected chi connectivity index (χ2v) is 6.78. The monoisotopic (exact) mass is 323 g/mol. The molecule has 0 aliphatic carbocycles. The van der Waals surface area contributed by atoms with E-state index in [9.17, 15) is 4.79 Å². The van der Waals surface area contributed by atoms with Crippen LogP contribution < -0.4 is 5.73 Å². The number of likely N-dealkylation sites (tertiary alicyclic amines) is 1. The van der Waals surface area contributed by atoms with Gasteiger partial charge in [-0.25, -0.2) is 0 Å². The zero-order valence-electron chi connectivity index (χ0n) is 14.4. The smallest absolute Gasteiger partial charge is 0.253 e. The standard InChI is InChI=1S/C20H25N3O/c1-22(2)20(24)17-10-6-7-15(11-17)12-23-13-18(19(21)14-23)16-8-4-3-5-9-16/h3-11,18-19H,12-14,21H2,1-2H3/t18-,19+/m0/s1. The van der Waals surface area contributed by atoms with Crippen molar-refractivity contribution < 1.29 is 4.79 Å². The highest BCUT2D eigenvalue weighted by Crippen LogP contribution is 2.27. The van der Waals surface area contributed by atoms with Crippen LogP contribution in [0.25, 0.3) is 0 Å². The van der Waals surface area contributed by atoms with Crippen LogP contribution in [0.5, 0.6) is 0 Å². The fourth-order valence-corrected chi connectivity index (χ4v) is 3.41. The lowest BCUT2D eigenvalue weighted by Gasteiger charge is -2.17. The van der Waals surface area contributed by atoms with E-state index in [4.69, 9.17) is 5.73 Å². The topological polar surface area (TPSA) is 49.6 Å². The molecule has 24 heavy (non-hydrogen) atoms. The number of carbonyl (C=O) groups is 1. The van der Waals surface area contributed by atoms with Crippen molar-refractivity contribution in [1.82, 2.24) is 9.80 Å². The van der Waals surface area contributed by atoms with E-state index in [0.29, 0.717) is 5.92 Å². The Balaban J connectivity index is 1.69. The molecule has 2 N–H and O–H groups in total. The van der Waals surface area contributed by atoms with Crippen LogP contribution in [0.2, 0.25) is 0 Å². The molecule has 1 saturated heterocycles. The van der Waals surface area contributed by atoms with E-state index in [2.05, 4.69) is 35.2 Å². The van der Waals surface area contributed by atoms with Crippen LogP contribution in [-0.2, 0) is 6.54 Å². The minimum absolute atomic E-state index is 0.0390. The molecule has 2 aromatic rings. The van der Waals surface area contributed by atoms with Crippen molar-refractivity contribution in [1.29, 1.82) is 0 Å². The normalized spacial score (nSPS) is 21.0. The van der Waals surface area contributed by atoms with Gasteiger partial charge in [0.2, 0.25) is 0 Å². The Labute approximate surface area is 143 Å². The Morgan fingerprint density at radius 1 is 1.12 bits per heavy atom. The lowest BCUT2D eigenvalue weighted by Crippen LogP contribution is -2.28. The third kappa shape index (κ3) is 3.66. The summed E-state index contributed by atoms with van der Waals surface area (Å²) in [5.74, 6) is 0.412. The average molecular weight is 323 g/mol. The average Bonchev–Trinajstić information content (AvgIpc) is 2.95. The first-order chi connectivity index (χ1) is 11.5. The third-order valence-corrected chi connectivity index (χ3v) is 4.65. The Morgan fingerprint density at radius 2 is 1.88 bits per heavy atom. The van der Waals surface area contributed by atoms with Gasteiger partial charge in [0, 0.05) is 51.3 Å². The zero-order valence-corrected chi connectivity index (χ0v) is 14.4. The molecule has 0 bridgehead atoms. The van der Waals surface area contributed by atoms with Crippen molar-refractivity contribution in [2.24, 2.45) is 5.73 Å². The van der Waals surface area contributed by atoms with Gasteiger partial charge in [0.05, 0.1) is 0 Å². The first-order valence-electron chi connectivity index (χ1n) is 8.38. The van der Waals surface area contributed by atoms with Crippen LogP contribution in [0.1, 0.15) is 27.4 Å². The molecule has 0 spiro atoms. The fourth-order valence-electron chi connectivity index (χ4n) is 3.41. The summed E-state index contributed by atoms with van der Waals surface area (Å²) in [6, 6.07) is 18.5. The first kappa shape index (κ1) is 16.7. The molecule has 1 aliphatic rings. The van der Waals surface area contributed by atoms with Crippen molar-refractivity contribution in [2.75, 3.05) is 27.2 Å². The fraction of sp³-hybridized carbons (Fsp3) is 0.350. The van der Waals surface area contributed by atoms with E-state index in [0.717, 1.165) is 30.8 Å². The van der Waals surface area contributed by atoms with Gasteiger partial charge in [-0.3, -0.25) is 9.69 Å². The molecule has 1 amide bonds. The number of nitrogens with two attached hydrogens (primary N) is 1. The Hall–Kier alpha value is -2.17. The van der Waals surface area contributed by atoms with Gasteiger partial charge in [0.1, 0.15) is 0 Å². The van der Waals surface area contributed by atoms with Gasteiger partial charge >= 0.3 is 0 Å². The highest BCUT2D eigenvalue weighted by atomic mass is 16.2. The summed E-state index contributed by atoms with van der Waals surface area (Å²) in [7, 11) is 3.55. The SMILES string of the molecule is CN(C)C(=O)c1cccc(CN2C[C@@H](N)[C@H](c3ccccc3)C2)c1. The second-order valence-electron chi connectivity index (χ2n) is 6.78. The molecule has 126 valence electrons. The summed E-state index contributed by atoms with van der Waals surface area (Å²) in [5, 5.41) is 0. The van der Waals surface area contributed by atoms with Gasteiger partial charge in [0.25, 0.3) is 5.91 Å². The van der Waals surface area contributed by atoms with Crippen molar-refractivity contribution >= 4 is 5.91 Å². The van der Waals surface area contributed by atoms with Gasteiger partial charge in [-0.1, -0.05) is 42.5 Å². The minimum Gasteiger partial charge on any atom is -0.345 e. The van der Waals surface area contributed by atoms with E-state index in [1.165, 1.54) is 5.56 Å². The van der Waals surface area contributed by atoms with Gasteiger partial charge in [-0.05, 0) is 23.3 Å². The third-order valence-electron chi connectivity index (χ3n) is 4.65. The molecule has 0 radical (unpaired) electrons. The molecule has 0 unspecified atom stereocenters. The van der Waals surface area contributed by atoms with Crippen molar-refractivity contribution in [2.45, 2.75) is 18.5 Å². The van der Waals surface area contributed by atoms with E-state index in [1.54, 1.807) is 19.0 Å². The maximum absolute atomic E-state index is 12.1. The van der Waals surface area contributed by atoms with Crippen molar-refractivity contribution in [3.63, 3.8) is 0 Å². The molecule has 0 aromatic heterocycles. The summed E-state index contributed by atoms with van der Waals surface area (Å²) in [6.07, 6.45) is 0. The molecule has 3 rings (SSSR count). The van der Waals surface area contributed by atoms with E-state index in [-0.39, 0.29) is 11.9 Å². The van der Waals surface area contributed by atoms with Crippen molar-refractivity contribution in [3.8, 4) is 0 Å². The zero-order chi connectivity index (χ0) is 17.1. The van der Waals surface area contributed by atoms with E-state index >= 15 is 0 Å². The Bertz CT molecular complexity index is 699. The highest BCUT2D eigenvalue weighted by molar-refractivity contribution is 5.94. The van der Waals surface area contributed by atoms with Crippen LogP contribution in [0.4, 0.5) is 0 Å². The Kier molecular flexibility index (Phi) is 4.97. The number of carbonyl (C=O) groups excluding carboxylic acids is 1. The molecule has 1 heterocycles. The van der Waals surface area contributed by atoms with Crippen LogP contribution >= 0.6 is 0 Å². The summed E-state index contributed by atoms with van der Waals surface area (Å²) in [4.78, 5) is 16.1. The minimum atomic E-state index is 0.0390. The molecule has 2 atom stereocenters. The van der Waals surface area contributed by atoms with E-state index in [1.807, 2.05) is 24.3 Å². The van der Waals surface area contributed by atoms with Crippen molar-refractivity contribution in [3.05, 3.63) is 71.3 Å². The summed E-state index contributed by atoms with van der Waals surface area (Å²) >= 11 is 0. The molecule has 2 aromatic carbocycles. The number of benzene rings is 2. The largest absolute Gasteiger partial charge is 0.345 e. The molecular weight excluding hydrogens is 298 g/mol. The van der Waals surface area contributed by atoms with Gasteiger partial charge in [-0.2, -0.15) is 0 Å². The lowest BCUT2D eigenvalue weighted by atomic mass is 9.95. The lowest BCUT2D eigenvalue weighted by molar-refractivity contribution is 0.0827. The number of hydrogen-bond acceptors (Lipinski definition) is 3. The number of rotatable bonds is 4. The summed E-state index contributed by atoms with van der Waals surface area (Å²) in [6.45, 7) is 2.66. The van der Waals surface area contributed by atoms with Crippen LogP contribution in [0.15, 0.2) is 54.6 Å². The molecule has 4 nitrogen and oxygen atoms in total. The van der Waals surface area contributed by atoms with Crippen LogP contribution in [0.3, 0.4) is 0 Å². The number of amides is 1. The Morgan fingerprint density at radius 3 is 2.58 bits per heavy atom. The molecule has 1 aliphatic heterocycles. The maximum atomic E-state index is 12.1. The maximum Gasteiger partial charge on any atom is 0.253 e. The predicted octanol–water partition coefficient (Wildman–Crippen LogP) is 2.32. The number of nitrogens with zero attached hydrogens (tertiary/aromatic N) is 2. The van der Waals surface area contributed by atoms with Crippen LogP contribution in [0, 0.1) is 0 Å². The summed E-state index contributed by atoms with van der Waals surface area (Å²) < 4.78 is 0. The molecule has 1 fully saturated rings. The highest BCUT2D eigenvalue weighted by Gasteiger charge is 2.31. The van der Waals surface area contributed by atoms with Gasteiger partial charge in [0.15, 0.2) is 0 Å². The second kappa shape index (κ2) is 7.16. The van der Waals surface area contributed by atoms with Gasteiger partial charge in [-0.15, -0.1) is 0 Å². The van der Waals surface area contributed by atoms with E-state index < -0.39 is 0 Å². The molecular formula is C20H25N3O. The van der Waals surface area contributed by atoms with Crippen LogP contribution in [-0.4, -0.2) is 48.9 Å². The molecule has 4 heteroatoms. The first-order valence-corrected chi connectivity index (χ1v) is 8.38. The number of hydrogen-bond donors (Lipinski definition) is 1. The van der Waals surface area contributed by atoms with Gasteiger partial charge < -0.3 is 10.6 Å². The molecule has 0 saturated carbocycles. The quantitative estimate of drug-likeness (QED) is 0.939. The summed E-state index contributed by atoms with van der Waals surface area (Å²) in [5.41, 5.74) is 9.57. The predicted molar refractivity (Wildman–Crippen MR) is 96.9 cm³/mol.